The first-order chi connectivity index (χ1) is 3.72. The molecule has 0 N–H and O–H groups in total. The van der Waals surface area contributed by atoms with E-state index in [4.69, 9.17) is 0 Å². The molecule has 0 unspecified atom stereocenters. The maximum absolute atomic E-state index is 10.4. The van der Waals surface area contributed by atoms with E-state index in [9.17, 15) is 4.79 Å². The van der Waals surface area contributed by atoms with Crippen molar-refractivity contribution in [3.8, 4) is 0 Å². The molecule has 0 rings (SSSR count). The van der Waals surface area contributed by atoms with Crippen LogP contribution < -0.4 is 0 Å². The minimum atomic E-state index is -0.123. The number of carbonyl (C=O) groups excluding carboxylic acids is 1. The standard InChI is InChI=1S/C5H10NO2/c1-4-6(8-3)5(2)7/h1,4H2,2-3H3. The van der Waals surface area contributed by atoms with Crippen molar-refractivity contribution in [2.24, 2.45) is 0 Å². The van der Waals surface area contributed by atoms with Gasteiger partial charge in [-0.25, -0.2) is 5.06 Å². The molecule has 0 spiro atoms. The topological polar surface area (TPSA) is 29.5 Å². The number of carbonyl (C=O) groups is 1. The molecule has 0 aliphatic rings. The van der Waals surface area contributed by atoms with Gasteiger partial charge in [-0.05, 0) is 6.92 Å². The van der Waals surface area contributed by atoms with Crippen molar-refractivity contribution in [3.63, 3.8) is 0 Å². The van der Waals surface area contributed by atoms with E-state index in [-0.39, 0.29) is 5.91 Å². The molecule has 0 saturated carbocycles. The Kier molecular flexibility index (Phi) is 3.19. The van der Waals surface area contributed by atoms with Crippen LogP contribution in [0.4, 0.5) is 0 Å². The van der Waals surface area contributed by atoms with Gasteiger partial charge in [0.2, 0.25) is 5.91 Å². The van der Waals surface area contributed by atoms with Crippen LogP contribution in [-0.2, 0) is 9.63 Å². The number of rotatable bonds is 2. The van der Waals surface area contributed by atoms with E-state index in [1.165, 1.54) is 19.1 Å². The highest BCUT2D eigenvalue weighted by atomic mass is 16.7. The highest BCUT2D eigenvalue weighted by Crippen LogP contribution is 1.85. The first-order valence-corrected chi connectivity index (χ1v) is 2.33. The molecule has 0 bridgehead atoms. The summed E-state index contributed by atoms with van der Waals surface area (Å²) >= 11 is 0. The lowest BCUT2D eigenvalue weighted by Crippen LogP contribution is -2.26. The first-order valence-electron chi connectivity index (χ1n) is 2.33. The normalized spacial score (nSPS) is 8.88. The van der Waals surface area contributed by atoms with Crippen molar-refractivity contribution in [3.05, 3.63) is 6.92 Å². The summed E-state index contributed by atoms with van der Waals surface area (Å²) < 4.78 is 0. The van der Waals surface area contributed by atoms with Crippen LogP contribution in [-0.4, -0.2) is 24.6 Å². The van der Waals surface area contributed by atoms with Gasteiger partial charge in [-0.15, -0.1) is 0 Å². The summed E-state index contributed by atoms with van der Waals surface area (Å²) in [5, 5.41) is 1.17. The molecule has 1 radical (unpaired) electrons. The summed E-state index contributed by atoms with van der Waals surface area (Å²) in [6.45, 7) is 5.24. The molecule has 0 aromatic rings. The fourth-order valence-corrected chi connectivity index (χ4v) is 0.377. The van der Waals surface area contributed by atoms with Crippen molar-refractivity contribution >= 4 is 5.91 Å². The summed E-state index contributed by atoms with van der Waals surface area (Å²) in [5.41, 5.74) is 0. The number of hydrogen-bond acceptors (Lipinski definition) is 2. The van der Waals surface area contributed by atoms with Gasteiger partial charge in [0.05, 0.1) is 7.11 Å². The van der Waals surface area contributed by atoms with Crippen LogP contribution in [0, 0.1) is 6.92 Å². The predicted molar refractivity (Wildman–Crippen MR) is 29.8 cm³/mol. The largest absolute Gasteiger partial charge is 0.274 e. The molecule has 0 aliphatic heterocycles. The lowest BCUT2D eigenvalue weighted by molar-refractivity contribution is -0.170. The Hall–Kier alpha value is -0.570. The lowest BCUT2D eigenvalue weighted by Gasteiger charge is -2.13. The van der Waals surface area contributed by atoms with Crippen LogP contribution >= 0.6 is 0 Å². The molecule has 3 heteroatoms. The van der Waals surface area contributed by atoms with Crippen LogP contribution in [0.3, 0.4) is 0 Å². The molecule has 0 atom stereocenters. The van der Waals surface area contributed by atoms with E-state index >= 15 is 0 Å². The Morgan fingerprint density at radius 2 is 2.38 bits per heavy atom. The summed E-state index contributed by atoms with van der Waals surface area (Å²) in [6.07, 6.45) is 0. The lowest BCUT2D eigenvalue weighted by atomic mass is 10.6. The Morgan fingerprint density at radius 1 is 1.88 bits per heavy atom. The molecule has 0 aromatic heterocycles. The SMILES string of the molecule is [CH2]CN(OC)C(C)=O. The third-order valence-electron chi connectivity index (χ3n) is 0.775. The highest BCUT2D eigenvalue weighted by Gasteiger charge is 2.00. The van der Waals surface area contributed by atoms with Crippen molar-refractivity contribution in [1.29, 1.82) is 0 Å². The summed E-state index contributed by atoms with van der Waals surface area (Å²) in [4.78, 5) is 14.9. The smallest absolute Gasteiger partial charge is 0.242 e. The quantitative estimate of drug-likeness (QED) is 0.483. The molecular formula is C5H10NO2. The molecule has 1 amide bonds. The van der Waals surface area contributed by atoms with Crippen LogP contribution in [0.1, 0.15) is 6.92 Å². The third-order valence-corrected chi connectivity index (χ3v) is 0.775. The van der Waals surface area contributed by atoms with E-state index in [0.29, 0.717) is 6.54 Å². The van der Waals surface area contributed by atoms with Gasteiger partial charge in [0, 0.05) is 13.5 Å². The Balaban J connectivity index is 3.52. The minimum Gasteiger partial charge on any atom is -0.274 e. The van der Waals surface area contributed by atoms with E-state index in [2.05, 4.69) is 11.8 Å². The van der Waals surface area contributed by atoms with E-state index in [0.717, 1.165) is 0 Å². The minimum absolute atomic E-state index is 0.123. The molecule has 3 nitrogen and oxygen atoms in total. The number of hydrogen-bond donors (Lipinski definition) is 0. The average Bonchev–Trinajstić information content (AvgIpc) is 1.69. The second kappa shape index (κ2) is 3.43. The van der Waals surface area contributed by atoms with Crippen molar-refractivity contribution in [1.82, 2.24) is 5.06 Å². The molecule has 8 heavy (non-hydrogen) atoms. The van der Waals surface area contributed by atoms with Crippen LogP contribution in [0.15, 0.2) is 0 Å². The molecule has 0 aliphatic carbocycles. The second-order valence-electron chi connectivity index (χ2n) is 1.30. The monoisotopic (exact) mass is 116 g/mol. The average molecular weight is 116 g/mol. The van der Waals surface area contributed by atoms with Gasteiger partial charge in [-0.2, -0.15) is 0 Å². The van der Waals surface area contributed by atoms with Crippen molar-refractivity contribution in [2.45, 2.75) is 6.92 Å². The zero-order valence-electron chi connectivity index (χ0n) is 5.18. The molecule has 0 saturated heterocycles. The summed E-state index contributed by atoms with van der Waals surface area (Å²) in [6, 6.07) is 0. The van der Waals surface area contributed by atoms with Gasteiger partial charge in [0.1, 0.15) is 0 Å². The molecule has 47 valence electrons. The fraction of sp³-hybridized carbons (Fsp3) is 0.600. The Labute approximate surface area is 49.2 Å². The van der Waals surface area contributed by atoms with Gasteiger partial charge < -0.3 is 0 Å². The van der Waals surface area contributed by atoms with E-state index < -0.39 is 0 Å². The van der Waals surface area contributed by atoms with Gasteiger partial charge >= 0.3 is 0 Å². The van der Waals surface area contributed by atoms with Gasteiger partial charge in [-0.3, -0.25) is 9.63 Å². The predicted octanol–water partition coefficient (Wildman–Crippen LogP) is 0.230. The van der Waals surface area contributed by atoms with Crippen LogP contribution in [0.2, 0.25) is 0 Å². The number of nitrogens with zero attached hydrogens (tertiary/aromatic N) is 1. The van der Waals surface area contributed by atoms with Crippen LogP contribution in [0.5, 0.6) is 0 Å². The molecule has 0 aromatic carbocycles. The van der Waals surface area contributed by atoms with Gasteiger partial charge in [0.15, 0.2) is 0 Å². The molecule has 0 heterocycles. The fourth-order valence-electron chi connectivity index (χ4n) is 0.377. The van der Waals surface area contributed by atoms with Gasteiger partial charge in [-0.1, -0.05) is 0 Å². The first kappa shape index (κ1) is 7.43. The molecule has 0 fully saturated rings. The number of hydroxylamine groups is 2. The zero-order chi connectivity index (χ0) is 6.57. The van der Waals surface area contributed by atoms with Crippen LogP contribution in [0.25, 0.3) is 0 Å². The highest BCUT2D eigenvalue weighted by molar-refractivity contribution is 5.71. The van der Waals surface area contributed by atoms with E-state index in [1.807, 2.05) is 0 Å². The maximum atomic E-state index is 10.4. The molecular weight excluding hydrogens is 106 g/mol. The summed E-state index contributed by atoms with van der Waals surface area (Å²) in [5.74, 6) is -0.123. The third kappa shape index (κ3) is 1.93. The summed E-state index contributed by atoms with van der Waals surface area (Å²) in [7, 11) is 1.44. The van der Waals surface area contributed by atoms with E-state index in [1.54, 1.807) is 0 Å². The maximum Gasteiger partial charge on any atom is 0.242 e. The number of amides is 1. The Bertz CT molecular complexity index is 78.5. The second-order valence-corrected chi connectivity index (χ2v) is 1.30. The van der Waals surface area contributed by atoms with Gasteiger partial charge in [0.25, 0.3) is 0 Å². The van der Waals surface area contributed by atoms with Crippen molar-refractivity contribution < 1.29 is 9.63 Å². The Morgan fingerprint density at radius 3 is 2.38 bits per heavy atom. The van der Waals surface area contributed by atoms with Crippen molar-refractivity contribution in [2.75, 3.05) is 13.7 Å². The zero-order valence-corrected chi connectivity index (χ0v) is 5.18.